The molecule has 0 bridgehead atoms. The van der Waals surface area contributed by atoms with Crippen LogP contribution in [0.1, 0.15) is 47.0 Å². The highest BCUT2D eigenvalue weighted by molar-refractivity contribution is 4.98. The Labute approximate surface area is 129 Å². The minimum Gasteiger partial charge on any atom is -0.379 e. The summed E-state index contributed by atoms with van der Waals surface area (Å²) in [5.74, 6) is 0.588. The minimum atomic E-state index is -0.0350. The van der Waals surface area contributed by atoms with Crippen LogP contribution in [-0.4, -0.2) is 51.2 Å². The fourth-order valence-electron chi connectivity index (χ4n) is 4.03. The smallest absolute Gasteiger partial charge is 0.0939 e. The molecule has 0 radical (unpaired) electrons. The van der Waals surface area contributed by atoms with Gasteiger partial charge in [0, 0.05) is 32.8 Å². The van der Waals surface area contributed by atoms with Crippen molar-refractivity contribution < 1.29 is 14.2 Å². The van der Waals surface area contributed by atoms with Crippen molar-refractivity contribution in [2.75, 3.05) is 33.5 Å². The van der Waals surface area contributed by atoms with E-state index in [1.165, 1.54) is 0 Å². The maximum Gasteiger partial charge on any atom is 0.0939 e. The molecule has 0 aliphatic carbocycles. The molecule has 21 heavy (non-hydrogen) atoms. The van der Waals surface area contributed by atoms with Crippen LogP contribution < -0.4 is 5.32 Å². The van der Waals surface area contributed by atoms with E-state index in [2.05, 4.69) is 33.0 Å². The molecule has 2 saturated heterocycles. The van der Waals surface area contributed by atoms with Crippen molar-refractivity contribution in [3.8, 4) is 0 Å². The van der Waals surface area contributed by atoms with Crippen molar-refractivity contribution in [3.05, 3.63) is 0 Å². The Balaban J connectivity index is 2.13. The molecule has 4 atom stereocenters. The van der Waals surface area contributed by atoms with Crippen LogP contribution in [0.25, 0.3) is 0 Å². The molecule has 4 unspecified atom stereocenters. The third-order valence-electron chi connectivity index (χ3n) is 4.98. The Morgan fingerprint density at radius 2 is 2.10 bits per heavy atom. The van der Waals surface area contributed by atoms with Crippen LogP contribution in [0.3, 0.4) is 0 Å². The molecule has 1 N–H and O–H groups in total. The predicted octanol–water partition coefficient (Wildman–Crippen LogP) is 2.61. The van der Waals surface area contributed by atoms with Gasteiger partial charge in [-0.25, -0.2) is 0 Å². The SMILES string of the molecule is CCNC(C1CCOC2(CCOC2)C1)C(OC)C(C)(C)C. The molecule has 2 rings (SSSR count). The molecule has 0 aromatic heterocycles. The zero-order chi connectivity index (χ0) is 15.5. The molecule has 4 heteroatoms. The van der Waals surface area contributed by atoms with Crippen LogP contribution in [0.5, 0.6) is 0 Å². The second-order valence-electron chi connectivity index (χ2n) is 7.69. The van der Waals surface area contributed by atoms with E-state index in [4.69, 9.17) is 14.2 Å². The zero-order valence-corrected chi connectivity index (χ0v) is 14.4. The van der Waals surface area contributed by atoms with Gasteiger partial charge in [0.2, 0.25) is 0 Å². The van der Waals surface area contributed by atoms with Crippen LogP contribution in [0.15, 0.2) is 0 Å². The van der Waals surface area contributed by atoms with E-state index in [0.29, 0.717) is 12.0 Å². The highest BCUT2D eigenvalue weighted by atomic mass is 16.6. The van der Waals surface area contributed by atoms with Gasteiger partial charge in [-0.2, -0.15) is 0 Å². The quantitative estimate of drug-likeness (QED) is 0.847. The van der Waals surface area contributed by atoms with E-state index >= 15 is 0 Å². The average Bonchev–Trinajstić information content (AvgIpc) is 2.85. The van der Waals surface area contributed by atoms with Gasteiger partial charge >= 0.3 is 0 Å². The van der Waals surface area contributed by atoms with Gasteiger partial charge in [0.25, 0.3) is 0 Å². The monoisotopic (exact) mass is 299 g/mol. The molecule has 0 aromatic rings. The van der Waals surface area contributed by atoms with E-state index in [1.807, 2.05) is 7.11 Å². The van der Waals surface area contributed by atoms with Crippen LogP contribution in [-0.2, 0) is 14.2 Å². The molecular formula is C17H33NO3. The molecule has 2 aliphatic rings. The van der Waals surface area contributed by atoms with E-state index in [0.717, 1.165) is 45.6 Å². The van der Waals surface area contributed by atoms with Gasteiger partial charge in [-0.1, -0.05) is 27.7 Å². The molecule has 0 amide bonds. The van der Waals surface area contributed by atoms with Gasteiger partial charge in [-0.15, -0.1) is 0 Å². The van der Waals surface area contributed by atoms with Gasteiger partial charge in [-0.3, -0.25) is 0 Å². The maximum atomic E-state index is 6.09. The summed E-state index contributed by atoms with van der Waals surface area (Å²) >= 11 is 0. The van der Waals surface area contributed by atoms with Crippen LogP contribution in [0.2, 0.25) is 0 Å². The average molecular weight is 299 g/mol. The number of rotatable bonds is 5. The van der Waals surface area contributed by atoms with Crippen LogP contribution in [0.4, 0.5) is 0 Å². The van der Waals surface area contributed by atoms with Gasteiger partial charge < -0.3 is 19.5 Å². The summed E-state index contributed by atoms with van der Waals surface area (Å²) in [5, 5.41) is 3.69. The first-order valence-electron chi connectivity index (χ1n) is 8.40. The molecular weight excluding hydrogens is 266 g/mol. The van der Waals surface area contributed by atoms with Crippen molar-refractivity contribution in [3.63, 3.8) is 0 Å². The summed E-state index contributed by atoms with van der Waals surface area (Å²) < 4.78 is 17.6. The van der Waals surface area contributed by atoms with E-state index in [9.17, 15) is 0 Å². The second kappa shape index (κ2) is 6.95. The molecule has 4 nitrogen and oxygen atoms in total. The Hall–Kier alpha value is -0.160. The third kappa shape index (κ3) is 3.98. The number of hydrogen-bond donors (Lipinski definition) is 1. The molecule has 0 aromatic carbocycles. The van der Waals surface area contributed by atoms with Gasteiger partial charge in [0.05, 0.1) is 18.3 Å². The minimum absolute atomic E-state index is 0.0350. The Kier molecular flexibility index (Phi) is 5.69. The van der Waals surface area contributed by atoms with Crippen molar-refractivity contribution in [2.24, 2.45) is 11.3 Å². The van der Waals surface area contributed by atoms with Gasteiger partial charge in [0.15, 0.2) is 0 Å². The van der Waals surface area contributed by atoms with E-state index in [1.54, 1.807) is 0 Å². The molecule has 2 aliphatic heterocycles. The second-order valence-corrected chi connectivity index (χ2v) is 7.69. The summed E-state index contributed by atoms with van der Waals surface area (Å²) in [4.78, 5) is 0. The lowest BCUT2D eigenvalue weighted by molar-refractivity contribution is -0.118. The summed E-state index contributed by atoms with van der Waals surface area (Å²) in [6, 6.07) is 0.376. The lowest BCUT2D eigenvalue weighted by Crippen LogP contribution is -2.55. The summed E-state index contributed by atoms with van der Waals surface area (Å²) in [7, 11) is 1.84. The zero-order valence-electron chi connectivity index (χ0n) is 14.4. The fraction of sp³-hybridized carbons (Fsp3) is 1.00. The highest BCUT2D eigenvalue weighted by Gasteiger charge is 2.46. The predicted molar refractivity (Wildman–Crippen MR) is 84.6 cm³/mol. The van der Waals surface area contributed by atoms with E-state index in [-0.39, 0.29) is 17.1 Å². The fourth-order valence-corrected chi connectivity index (χ4v) is 4.03. The lowest BCUT2D eigenvalue weighted by Gasteiger charge is -2.45. The topological polar surface area (TPSA) is 39.7 Å². The Bertz CT molecular complexity index is 320. The van der Waals surface area contributed by atoms with Crippen molar-refractivity contribution in [1.82, 2.24) is 5.32 Å². The summed E-state index contributed by atoms with van der Waals surface area (Å²) in [5.41, 5.74) is 0.0893. The number of hydrogen-bond acceptors (Lipinski definition) is 4. The van der Waals surface area contributed by atoms with Crippen LogP contribution in [0, 0.1) is 11.3 Å². The summed E-state index contributed by atoms with van der Waals surface area (Å²) in [6.07, 6.45) is 3.44. The number of nitrogens with one attached hydrogen (secondary N) is 1. The van der Waals surface area contributed by atoms with Crippen molar-refractivity contribution >= 4 is 0 Å². The Morgan fingerprint density at radius 1 is 1.33 bits per heavy atom. The summed E-state index contributed by atoms with van der Waals surface area (Å²) in [6.45, 7) is 12.4. The first-order valence-corrected chi connectivity index (χ1v) is 8.40. The molecule has 1 spiro atoms. The van der Waals surface area contributed by atoms with Crippen LogP contribution >= 0.6 is 0 Å². The van der Waals surface area contributed by atoms with Gasteiger partial charge in [0.1, 0.15) is 0 Å². The molecule has 124 valence electrons. The Morgan fingerprint density at radius 3 is 2.62 bits per heavy atom. The molecule has 2 fully saturated rings. The normalized spacial score (nSPS) is 33.3. The molecule has 2 heterocycles. The number of ether oxygens (including phenoxy) is 3. The third-order valence-corrected chi connectivity index (χ3v) is 4.98. The van der Waals surface area contributed by atoms with Crippen molar-refractivity contribution in [2.45, 2.75) is 64.7 Å². The standard InChI is InChI=1S/C17H33NO3/c1-6-18-14(15(19-5)16(2,3)4)13-7-9-21-17(11-13)8-10-20-12-17/h13-15,18H,6-12H2,1-5H3. The van der Waals surface area contributed by atoms with Gasteiger partial charge in [-0.05, 0) is 30.7 Å². The first kappa shape index (κ1) is 17.2. The lowest BCUT2D eigenvalue weighted by atomic mass is 9.74. The number of likely N-dealkylation sites (N-methyl/N-ethyl adjacent to an activating group) is 1. The van der Waals surface area contributed by atoms with E-state index < -0.39 is 0 Å². The highest BCUT2D eigenvalue weighted by Crippen LogP contribution is 2.40. The number of methoxy groups -OCH3 is 1. The maximum absolute atomic E-state index is 6.09. The first-order chi connectivity index (χ1) is 9.92. The van der Waals surface area contributed by atoms with Crippen molar-refractivity contribution in [1.29, 1.82) is 0 Å². The largest absolute Gasteiger partial charge is 0.379 e. The molecule has 0 saturated carbocycles.